The molecule has 0 amide bonds. The van der Waals surface area contributed by atoms with E-state index in [0.29, 0.717) is 6.04 Å². The van der Waals surface area contributed by atoms with E-state index in [1.165, 1.54) is 17.7 Å². The zero-order chi connectivity index (χ0) is 14.7. The predicted molar refractivity (Wildman–Crippen MR) is 85.6 cm³/mol. The Labute approximate surface area is 129 Å². The zero-order valence-electron chi connectivity index (χ0n) is 12.6. The van der Waals surface area contributed by atoms with Crippen molar-refractivity contribution in [3.05, 3.63) is 34.4 Å². The zero-order valence-corrected chi connectivity index (χ0v) is 13.4. The van der Waals surface area contributed by atoms with E-state index in [1.807, 2.05) is 12.3 Å². The highest BCUT2D eigenvalue weighted by Crippen LogP contribution is 2.24. The molecule has 0 aliphatic carbocycles. The minimum absolute atomic E-state index is 0.528. The molecule has 1 fully saturated rings. The Bertz CT molecular complexity index is 570. The molecule has 0 N–H and O–H groups in total. The van der Waals surface area contributed by atoms with Crippen molar-refractivity contribution in [2.24, 2.45) is 0 Å². The normalized spacial score (nSPS) is 18.6. The van der Waals surface area contributed by atoms with Crippen LogP contribution in [-0.2, 0) is 6.54 Å². The fourth-order valence-electron chi connectivity index (χ4n) is 2.94. The van der Waals surface area contributed by atoms with Gasteiger partial charge in [0.1, 0.15) is 0 Å². The number of hydrogen-bond acceptors (Lipinski definition) is 6. The van der Waals surface area contributed by atoms with Crippen LogP contribution in [0.15, 0.2) is 24.5 Å². The Morgan fingerprint density at radius 3 is 3.10 bits per heavy atom. The van der Waals surface area contributed by atoms with E-state index in [4.69, 9.17) is 0 Å². The van der Waals surface area contributed by atoms with E-state index >= 15 is 0 Å². The van der Waals surface area contributed by atoms with Crippen LogP contribution in [0.1, 0.15) is 22.7 Å². The Morgan fingerprint density at radius 1 is 1.48 bits per heavy atom. The van der Waals surface area contributed by atoms with Crippen molar-refractivity contribution in [3.63, 3.8) is 0 Å². The Hall–Kier alpha value is -1.53. The summed E-state index contributed by atoms with van der Waals surface area (Å²) in [5.41, 5.74) is 0. The van der Waals surface area contributed by atoms with Crippen LogP contribution < -0.4 is 4.90 Å². The molecular weight excluding hydrogens is 282 g/mol. The summed E-state index contributed by atoms with van der Waals surface area (Å²) in [6.07, 6.45) is 6.18. The lowest BCUT2D eigenvalue weighted by Crippen LogP contribution is -2.39. The van der Waals surface area contributed by atoms with Gasteiger partial charge in [0.15, 0.2) is 5.82 Å². The maximum atomic E-state index is 4.33. The van der Waals surface area contributed by atoms with Crippen molar-refractivity contribution in [1.29, 1.82) is 0 Å². The molecule has 6 heteroatoms. The van der Waals surface area contributed by atoms with Crippen LogP contribution in [0.3, 0.4) is 0 Å². The molecule has 1 aliphatic heterocycles. The number of aromatic nitrogens is 3. The third kappa shape index (κ3) is 3.57. The van der Waals surface area contributed by atoms with Crippen LogP contribution >= 0.6 is 11.3 Å². The molecule has 0 aromatic carbocycles. The Kier molecular flexibility index (Phi) is 4.45. The van der Waals surface area contributed by atoms with E-state index in [1.54, 1.807) is 17.5 Å². The van der Waals surface area contributed by atoms with Crippen LogP contribution in [0.2, 0.25) is 0 Å². The first-order valence-corrected chi connectivity index (χ1v) is 8.18. The first-order valence-electron chi connectivity index (χ1n) is 7.36. The summed E-state index contributed by atoms with van der Waals surface area (Å²) in [7, 11) is 2.18. The van der Waals surface area contributed by atoms with Crippen molar-refractivity contribution >= 4 is 17.2 Å². The Morgan fingerprint density at radius 2 is 2.38 bits per heavy atom. The lowest BCUT2D eigenvalue weighted by atomic mass is 10.2. The average Bonchev–Trinajstić information content (AvgIpc) is 3.09. The van der Waals surface area contributed by atoms with E-state index < -0.39 is 0 Å². The number of nitrogens with zero attached hydrogens (tertiary/aromatic N) is 5. The predicted octanol–water partition coefficient (Wildman–Crippen LogP) is 2.34. The summed E-state index contributed by atoms with van der Waals surface area (Å²) in [5, 5.41) is 9.40. The first kappa shape index (κ1) is 14.4. The van der Waals surface area contributed by atoms with Gasteiger partial charge in [-0.3, -0.25) is 4.90 Å². The molecular formula is C15H21N5S. The van der Waals surface area contributed by atoms with Crippen molar-refractivity contribution in [2.45, 2.75) is 32.4 Å². The van der Waals surface area contributed by atoms with E-state index in [-0.39, 0.29) is 0 Å². The molecule has 2 aromatic heterocycles. The minimum atomic E-state index is 0.528. The monoisotopic (exact) mass is 303 g/mol. The minimum Gasteiger partial charge on any atom is -0.351 e. The highest BCUT2D eigenvalue weighted by Gasteiger charge is 2.26. The van der Waals surface area contributed by atoms with Crippen LogP contribution in [0.4, 0.5) is 5.82 Å². The third-order valence-electron chi connectivity index (χ3n) is 3.85. The summed E-state index contributed by atoms with van der Waals surface area (Å²) in [5.74, 6) is 1.00. The van der Waals surface area contributed by atoms with Crippen LogP contribution in [0.5, 0.6) is 0 Å². The fourth-order valence-corrected chi connectivity index (χ4v) is 3.82. The maximum absolute atomic E-state index is 4.33. The third-order valence-corrected chi connectivity index (χ3v) is 4.74. The molecule has 112 valence electrons. The van der Waals surface area contributed by atoms with Gasteiger partial charge in [0.25, 0.3) is 0 Å². The molecule has 3 rings (SSSR count). The van der Waals surface area contributed by atoms with Gasteiger partial charge in [0.2, 0.25) is 0 Å². The molecule has 1 unspecified atom stereocenters. The van der Waals surface area contributed by atoms with Crippen molar-refractivity contribution in [3.8, 4) is 0 Å². The number of aryl methyl sites for hydroxylation is 1. The quantitative estimate of drug-likeness (QED) is 0.848. The van der Waals surface area contributed by atoms with Crippen molar-refractivity contribution < 1.29 is 0 Å². The van der Waals surface area contributed by atoms with Crippen molar-refractivity contribution in [1.82, 2.24) is 20.1 Å². The molecule has 3 heterocycles. The summed E-state index contributed by atoms with van der Waals surface area (Å²) >= 11 is 1.78. The van der Waals surface area contributed by atoms with Gasteiger partial charge in [0.05, 0.1) is 5.01 Å². The number of anilines is 1. The van der Waals surface area contributed by atoms with Crippen LogP contribution in [0, 0.1) is 6.92 Å². The van der Waals surface area contributed by atoms with Gasteiger partial charge in [-0.1, -0.05) is 0 Å². The molecule has 5 nitrogen and oxygen atoms in total. The second-order valence-electron chi connectivity index (χ2n) is 5.61. The molecule has 1 saturated heterocycles. The Balaban J connectivity index is 1.61. The first-order chi connectivity index (χ1) is 10.2. The van der Waals surface area contributed by atoms with E-state index in [9.17, 15) is 0 Å². The van der Waals surface area contributed by atoms with Gasteiger partial charge in [-0.25, -0.2) is 4.98 Å². The molecule has 21 heavy (non-hydrogen) atoms. The highest BCUT2D eigenvalue weighted by molar-refractivity contribution is 7.11. The van der Waals surface area contributed by atoms with Gasteiger partial charge in [-0.15, -0.1) is 16.4 Å². The van der Waals surface area contributed by atoms with Gasteiger partial charge < -0.3 is 4.90 Å². The highest BCUT2D eigenvalue weighted by atomic mass is 32.1. The standard InChI is InChI=1S/C15H21N5S/c1-12-16-9-14(21-12)11-19(2)10-13-5-4-8-20(13)15-6-3-7-17-18-15/h3,6-7,9,13H,4-5,8,10-11H2,1-2H3. The lowest BCUT2D eigenvalue weighted by Gasteiger charge is -2.28. The summed E-state index contributed by atoms with van der Waals surface area (Å²) < 4.78 is 0. The van der Waals surface area contributed by atoms with Gasteiger partial charge in [-0.2, -0.15) is 5.10 Å². The number of thiazole rings is 1. The molecule has 1 atom stereocenters. The molecule has 0 radical (unpaired) electrons. The van der Waals surface area contributed by atoms with Crippen LogP contribution in [-0.4, -0.2) is 46.3 Å². The summed E-state index contributed by atoms with van der Waals surface area (Å²) in [4.78, 5) is 10.4. The average molecular weight is 303 g/mol. The molecule has 0 saturated carbocycles. The second-order valence-corrected chi connectivity index (χ2v) is 6.93. The maximum Gasteiger partial charge on any atom is 0.151 e. The van der Waals surface area contributed by atoms with Crippen molar-refractivity contribution in [2.75, 3.05) is 25.0 Å². The number of likely N-dealkylation sites (N-methyl/N-ethyl adjacent to an activating group) is 1. The molecule has 1 aliphatic rings. The number of hydrogen-bond donors (Lipinski definition) is 0. The second kappa shape index (κ2) is 6.49. The van der Waals surface area contributed by atoms with Gasteiger partial charge >= 0.3 is 0 Å². The van der Waals surface area contributed by atoms with Gasteiger partial charge in [0, 0.05) is 42.9 Å². The summed E-state index contributed by atoms with van der Waals surface area (Å²) in [6.45, 7) is 5.15. The van der Waals surface area contributed by atoms with E-state index in [2.05, 4.69) is 45.0 Å². The largest absolute Gasteiger partial charge is 0.351 e. The smallest absolute Gasteiger partial charge is 0.151 e. The summed E-state index contributed by atoms with van der Waals surface area (Å²) in [6, 6.07) is 4.54. The lowest BCUT2D eigenvalue weighted by molar-refractivity contribution is 0.305. The number of rotatable bonds is 5. The topological polar surface area (TPSA) is 45.2 Å². The van der Waals surface area contributed by atoms with Crippen LogP contribution in [0.25, 0.3) is 0 Å². The molecule has 0 spiro atoms. The fraction of sp³-hybridized carbons (Fsp3) is 0.533. The molecule has 0 bridgehead atoms. The molecule has 2 aromatic rings. The van der Waals surface area contributed by atoms with Gasteiger partial charge in [-0.05, 0) is 38.9 Å². The SMILES string of the molecule is Cc1ncc(CN(C)CC2CCCN2c2cccnn2)s1. The van der Waals surface area contributed by atoms with E-state index in [0.717, 1.165) is 30.5 Å².